The molecule has 136 valence electrons. The first-order valence-corrected chi connectivity index (χ1v) is 8.44. The fraction of sp³-hybridized carbons (Fsp3) is 0.222. The van der Waals surface area contributed by atoms with Gasteiger partial charge in [-0.1, -0.05) is 23.7 Å². The Kier molecular flexibility index (Phi) is 5.91. The molecule has 0 aliphatic rings. The first-order chi connectivity index (χ1) is 12.7. The summed E-state index contributed by atoms with van der Waals surface area (Å²) in [5.41, 5.74) is 4.80. The Balaban J connectivity index is 1.73. The molecule has 0 bridgehead atoms. The highest BCUT2D eigenvalue weighted by molar-refractivity contribution is 6.31. The molecule has 1 aromatic heterocycles. The van der Waals surface area contributed by atoms with Gasteiger partial charge < -0.3 is 14.9 Å². The lowest BCUT2D eigenvalue weighted by Crippen LogP contribution is -2.12. The van der Waals surface area contributed by atoms with Crippen molar-refractivity contribution in [1.29, 1.82) is 0 Å². The number of benzene rings is 2. The first-order valence-electron chi connectivity index (χ1n) is 8.06. The topological polar surface area (TPSA) is 61.2 Å². The molecule has 0 spiro atoms. The summed E-state index contributed by atoms with van der Waals surface area (Å²) >= 11 is 6.38. The lowest BCUT2D eigenvalue weighted by Gasteiger charge is -2.15. The molecule has 0 aliphatic heterocycles. The Labute approximate surface area is 155 Å². The van der Waals surface area contributed by atoms with Crippen molar-refractivity contribution in [3.63, 3.8) is 0 Å². The van der Waals surface area contributed by atoms with Gasteiger partial charge in [-0.05, 0) is 36.2 Å². The van der Waals surface area contributed by atoms with Gasteiger partial charge in [0.1, 0.15) is 25.1 Å². The van der Waals surface area contributed by atoms with Crippen molar-refractivity contribution in [1.82, 2.24) is 14.9 Å². The summed E-state index contributed by atoms with van der Waals surface area (Å²) in [5.74, 6) is 0.852. The van der Waals surface area contributed by atoms with Gasteiger partial charge >= 0.3 is 0 Å². The van der Waals surface area contributed by atoms with Crippen LogP contribution in [0.1, 0.15) is 18.1 Å². The second-order valence-electron chi connectivity index (χ2n) is 5.44. The summed E-state index contributed by atoms with van der Waals surface area (Å²) < 4.78 is 26.1. The summed E-state index contributed by atoms with van der Waals surface area (Å²) in [6.45, 7) is 3.14. The molecule has 1 heterocycles. The van der Waals surface area contributed by atoms with E-state index in [1.54, 1.807) is 35.5 Å². The smallest absolute Gasteiger partial charge is 0.163 e. The van der Waals surface area contributed by atoms with Gasteiger partial charge in [0.25, 0.3) is 0 Å². The molecule has 3 aromatic rings. The van der Waals surface area contributed by atoms with E-state index in [1.807, 2.05) is 13.0 Å². The first kappa shape index (κ1) is 18.0. The molecule has 0 radical (unpaired) electrons. The number of nitrogens with one attached hydrogen (secondary N) is 1. The molecule has 0 aliphatic carbocycles. The molecule has 6 nitrogen and oxygen atoms in total. The van der Waals surface area contributed by atoms with E-state index in [0.717, 1.165) is 11.1 Å². The van der Waals surface area contributed by atoms with E-state index in [1.165, 1.54) is 12.1 Å². The largest absolute Gasteiger partial charge is 0.490 e. The van der Waals surface area contributed by atoms with Crippen LogP contribution in [-0.2, 0) is 13.2 Å². The van der Waals surface area contributed by atoms with Crippen LogP contribution in [0, 0.1) is 5.82 Å². The maximum Gasteiger partial charge on any atom is 0.163 e. The summed E-state index contributed by atoms with van der Waals surface area (Å²) in [5, 5.41) is 8.00. The zero-order valence-electron chi connectivity index (χ0n) is 14.2. The Bertz CT molecular complexity index is 841. The van der Waals surface area contributed by atoms with Crippen LogP contribution in [0.5, 0.6) is 11.5 Å². The van der Waals surface area contributed by atoms with Gasteiger partial charge in [-0.2, -0.15) is 0 Å². The van der Waals surface area contributed by atoms with Crippen LogP contribution in [0.25, 0.3) is 0 Å². The summed E-state index contributed by atoms with van der Waals surface area (Å²) in [6.07, 6.45) is 3.11. The van der Waals surface area contributed by atoms with Gasteiger partial charge in [0.15, 0.2) is 11.5 Å². The molecule has 2 aromatic carbocycles. The Hall–Kier alpha value is -2.80. The van der Waals surface area contributed by atoms with Crippen molar-refractivity contribution < 1.29 is 13.9 Å². The van der Waals surface area contributed by atoms with Crippen molar-refractivity contribution in [2.24, 2.45) is 0 Å². The second kappa shape index (κ2) is 8.53. The van der Waals surface area contributed by atoms with Crippen molar-refractivity contribution in [2.75, 3.05) is 12.0 Å². The number of rotatable bonds is 8. The predicted molar refractivity (Wildman–Crippen MR) is 96.4 cm³/mol. The average Bonchev–Trinajstić information content (AvgIpc) is 3.15. The van der Waals surface area contributed by atoms with Crippen molar-refractivity contribution in [3.05, 3.63) is 71.0 Å². The Morgan fingerprint density at radius 2 is 1.77 bits per heavy atom. The molecular formula is C18H18ClFN4O2. The van der Waals surface area contributed by atoms with E-state index in [9.17, 15) is 4.39 Å². The molecule has 0 saturated carbocycles. The van der Waals surface area contributed by atoms with Crippen LogP contribution in [0.15, 0.2) is 49.1 Å². The minimum atomic E-state index is -0.281. The SMILES string of the molecule is CCOc1cc(CNn2cnnc2)c(Cl)cc1OCc1ccc(F)cc1. The van der Waals surface area contributed by atoms with Gasteiger partial charge in [0.05, 0.1) is 13.2 Å². The molecule has 0 atom stereocenters. The number of hydrogen-bond acceptors (Lipinski definition) is 5. The number of aromatic nitrogens is 3. The quantitative estimate of drug-likeness (QED) is 0.648. The highest BCUT2D eigenvalue weighted by atomic mass is 35.5. The zero-order chi connectivity index (χ0) is 18.4. The third-order valence-electron chi connectivity index (χ3n) is 3.59. The monoisotopic (exact) mass is 376 g/mol. The van der Waals surface area contributed by atoms with Crippen LogP contribution in [-0.4, -0.2) is 21.5 Å². The molecule has 1 N–H and O–H groups in total. The molecule has 0 saturated heterocycles. The number of nitrogens with zero attached hydrogens (tertiary/aromatic N) is 3. The third kappa shape index (κ3) is 4.64. The maximum atomic E-state index is 13.0. The zero-order valence-corrected chi connectivity index (χ0v) is 14.9. The molecule has 0 fully saturated rings. The molecule has 0 unspecified atom stereocenters. The van der Waals surface area contributed by atoms with E-state index < -0.39 is 0 Å². The van der Waals surface area contributed by atoms with E-state index in [0.29, 0.717) is 29.7 Å². The molecular weight excluding hydrogens is 359 g/mol. The van der Waals surface area contributed by atoms with Gasteiger partial charge in [0.2, 0.25) is 0 Å². The van der Waals surface area contributed by atoms with Crippen LogP contribution in [0.4, 0.5) is 4.39 Å². The van der Waals surface area contributed by atoms with Crippen molar-refractivity contribution in [2.45, 2.75) is 20.1 Å². The summed E-state index contributed by atoms with van der Waals surface area (Å²) in [4.78, 5) is 0. The molecule has 26 heavy (non-hydrogen) atoms. The van der Waals surface area contributed by atoms with E-state index in [4.69, 9.17) is 21.1 Å². The van der Waals surface area contributed by atoms with E-state index in [-0.39, 0.29) is 12.4 Å². The number of hydrogen-bond donors (Lipinski definition) is 1. The van der Waals surface area contributed by atoms with Crippen LogP contribution >= 0.6 is 11.6 Å². The fourth-order valence-electron chi connectivity index (χ4n) is 2.29. The van der Waals surface area contributed by atoms with Crippen LogP contribution < -0.4 is 14.9 Å². The molecule has 8 heteroatoms. The van der Waals surface area contributed by atoms with Crippen molar-refractivity contribution in [3.8, 4) is 11.5 Å². The van der Waals surface area contributed by atoms with E-state index in [2.05, 4.69) is 15.6 Å². The van der Waals surface area contributed by atoms with Gasteiger partial charge in [-0.3, -0.25) is 0 Å². The number of halogens is 2. The van der Waals surface area contributed by atoms with Crippen LogP contribution in [0.3, 0.4) is 0 Å². The fourth-order valence-corrected chi connectivity index (χ4v) is 2.51. The van der Waals surface area contributed by atoms with E-state index >= 15 is 0 Å². The lowest BCUT2D eigenvalue weighted by molar-refractivity contribution is 0.269. The minimum Gasteiger partial charge on any atom is -0.490 e. The average molecular weight is 377 g/mol. The predicted octanol–water partition coefficient (Wildman–Crippen LogP) is 3.79. The minimum absolute atomic E-state index is 0.281. The third-order valence-corrected chi connectivity index (χ3v) is 3.94. The standard InChI is InChI=1S/C18H18ClFN4O2/c1-2-25-17-7-14(9-23-24-11-21-22-12-24)16(19)8-18(17)26-10-13-3-5-15(20)6-4-13/h3-8,11-12,23H,2,9-10H2,1H3. The molecule has 0 amide bonds. The second-order valence-corrected chi connectivity index (χ2v) is 5.85. The van der Waals surface area contributed by atoms with Gasteiger partial charge in [0, 0.05) is 11.1 Å². The molecule has 3 rings (SSSR count). The number of ether oxygens (including phenoxy) is 2. The Morgan fingerprint density at radius 1 is 1.08 bits per heavy atom. The maximum absolute atomic E-state index is 13.0. The highest BCUT2D eigenvalue weighted by Gasteiger charge is 2.12. The highest BCUT2D eigenvalue weighted by Crippen LogP contribution is 2.34. The summed E-state index contributed by atoms with van der Waals surface area (Å²) in [6, 6.07) is 9.70. The van der Waals surface area contributed by atoms with Gasteiger partial charge in [-0.15, -0.1) is 10.2 Å². The van der Waals surface area contributed by atoms with Crippen LogP contribution in [0.2, 0.25) is 5.02 Å². The van der Waals surface area contributed by atoms with Gasteiger partial charge in [-0.25, -0.2) is 9.07 Å². The Morgan fingerprint density at radius 3 is 2.46 bits per heavy atom. The lowest BCUT2D eigenvalue weighted by atomic mass is 10.2. The summed E-state index contributed by atoms with van der Waals surface area (Å²) in [7, 11) is 0. The normalized spacial score (nSPS) is 10.6. The van der Waals surface area contributed by atoms with Crippen molar-refractivity contribution >= 4 is 11.6 Å².